The number of hydrogen-bond acceptors (Lipinski definition) is 5. The predicted octanol–water partition coefficient (Wildman–Crippen LogP) is 3.23. The second kappa shape index (κ2) is 10.3. The fourth-order valence-electron chi connectivity index (χ4n) is 2.58. The van der Waals surface area contributed by atoms with Gasteiger partial charge in [-0.2, -0.15) is 0 Å². The number of carbonyl (C=O) groups is 1. The highest BCUT2D eigenvalue weighted by atomic mass is 16.5. The molecular weight excluding hydrogens is 346 g/mol. The van der Waals surface area contributed by atoms with Crippen LogP contribution in [0.2, 0.25) is 0 Å². The largest absolute Gasteiger partial charge is 0.497 e. The van der Waals surface area contributed by atoms with Crippen molar-refractivity contribution in [3.63, 3.8) is 0 Å². The molecule has 0 saturated heterocycles. The molecule has 0 aliphatic rings. The summed E-state index contributed by atoms with van der Waals surface area (Å²) in [7, 11) is 4.81. The summed E-state index contributed by atoms with van der Waals surface area (Å²) >= 11 is 0. The van der Waals surface area contributed by atoms with Gasteiger partial charge in [0.05, 0.1) is 27.4 Å². The molecule has 0 spiro atoms. The molecule has 0 aromatic heterocycles. The van der Waals surface area contributed by atoms with Crippen molar-refractivity contribution in [1.29, 1.82) is 0 Å². The Morgan fingerprint density at radius 2 is 1.59 bits per heavy atom. The summed E-state index contributed by atoms with van der Waals surface area (Å²) in [6.07, 6.45) is 1.01. The van der Waals surface area contributed by atoms with Crippen LogP contribution >= 0.6 is 0 Å². The van der Waals surface area contributed by atoms with E-state index < -0.39 is 0 Å². The highest BCUT2D eigenvalue weighted by molar-refractivity contribution is 5.76. The molecule has 0 radical (unpaired) electrons. The summed E-state index contributed by atoms with van der Waals surface area (Å²) in [6.45, 7) is 2.31. The van der Waals surface area contributed by atoms with Gasteiger partial charge in [0.25, 0.3) is 0 Å². The van der Waals surface area contributed by atoms with Crippen molar-refractivity contribution in [3.8, 4) is 23.0 Å². The third-order valence-electron chi connectivity index (χ3n) is 4.06. The number of rotatable bonds is 10. The molecule has 1 N–H and O–H groups in total. The molecule has 146 valence electrons. The molecule has 2 aromatic rings. The fraction of sp³-hybridized carbons (Fsp3) is 0.381. The monoisotopic (exact) mass is 373 g/mol. The summed E-state index contributed by atoms with van der Waals surface area (Å²) < 4.78 is 21.3. The van der Waals surface area contributed by atoms with E-state index >= 15 is 0 Å². The molecule has 1 amide bonds. The Morgan fingerprint density at radius 1 is 0.926 bits per heavy atom. The second-order valence-electron chi connectivity index (χ2n) is 6.14. The van der Waals surface area contributed by atoms with Gasteiger partial charge in [-0.1, -0.05) is 6.07 Å². The Kier molecular flexibility index (Phi) is 7.79. The van der Waals surface area contributed by atoms with Crippen molar-refractivity contribution in [3.05, 3.63) is 48.0 Å². The van der Waals surface area contributed by atoms with E-state index in [1.54, 1.807) is 21.3 Å². The maximum absolute atomic E-state index is 12.2. The van der Waals surface area contributed by atoms with Gasteiger partial charge < -0.3 is 24.3 Å². The quantitative estimate of drug-likeness (QED) is 0.693. The first kappa shape index (κ1) is 20.4. The molecule has 2 aromatic carbocycles. The van der Waals surface area contributed by atoms with E-state index in [4.69, 9.17) is 18.9 Å². The molecule has 0 unspecified atom stereocenters. The van der Waals surface area contributed by atoms with Gasteiger partial charge in [-0.15, -0.1) is 0 Å². The molecule has 6 nitrogen and oxygen atoms in total. The number of carbonyl (C=O) groups excluding carboxylic acids is 1. The molecule has 0 saturated carbocycles. The van der Waals surface area contributed by atoms with E-state index in [2.05, 4.69) is 5.32 Å². The highest BCUT2D eigenvalue weighted by Crippen LogP contribution is 2.27. The van der Waals surface area contributed by atoms with E-state index in [0.717, 1.165) is 17.1 Å². The van der Waals surface area contributed by atoms with Crippen LogP contribution in [0.25, 0.3) is 0 Å². The molecule has 0 fully saturated rings. The molecular formula is C21H27NO5. The Morgan fingerprint density at radius 3 is 2.22 bits per heavy atom. The van der Waals surface area contributed by atoms with Crippen molar-refractivity contribution >= 4 is 5.91 Å². The minimum atomic E-state index is -0.0926. The van der Waals surface area contributed by atoms with E-state index in [-0.39, 0.29) is 11.9 Å². The topological polar surface area (TPSA) is 66.0 Å². The van der Waals surface area contributed by atoms with Crippen molar-refractivity contribution in [1.82, 2.24) is 5.32 Å². The van der Waals surface area contributed by atoms with E-state index in [1.807, 2.05) is 49.4 Å². The van der Waals surface area contributed by atoms with Crippen LogP contribution in [-0.4, -0.2) is 39.9 Å². The standard InChI is InChI=1S/C21H27NO5/c1-15(14-27-18-9-7-17(24-2)8-10-18)22-21(23)12-6-16-5-11-19(25-3)20(13-16)26-4/h5,7-11,13,15H,6,12,14H2,1-4H3,(H,22,23)/t15-/m0/s1. The SMILES string of the molecule is COc1ccc(OC[C@H](C)NC(=O)CCc2ccc(OC)c(OC)c2)cc1. The van der Waals surface area contributed by atoms with Crippen molar-refractivity contribution in [2.45, 2.75) is 25.8 Å². The van der Waals surface area contributed by atoms with Crippen LogP contribution in [0.1, 0.15) is 18.9 Å². The smallest absolute Gasteiger partial charge is 0.220 e. The van der Waals surface area contributed by atoms with Crippen LogP contribution in [0.15, 0.2) is 42.5 Å². The Labute approximate surface area is 160 Å². The van der Waals surface area contributed by atoms with Gasteiger partial charge >= 0.3 is 0 Å². The van der Waals surface area contributed by atoms with Gasteiger partial charge in [-0.05, 0) is 55.3 Å². The first-order chi connectivity index (χ1) is 13.0. The van der Waals surface area contributed by atoms with Crippen molar-refractivity contribution in [2.24, 2.45) is 0 Å². The molecule has 27 heavy (non-hydrogen) atoms. The average Bonchev–Trinajstić information content (AvgIpc) is 2.70. The van der Waals surface area contributed by atoms with Gasteiger partial charge in [-0.3, -0.25) is 4.79 Å². The number of methoxy groups -OCH3 is 3. The van der Waals surface area contributed by atoms with E-state index in [1.165, 1.54) is 0 Å². The minimum Gasteiger partial charge on any atom is -0.497 e. The van der Waals surface area contributed by atoms with Gasteiger partial charge in [0.15, 0.2) is 11.5 Å². The summed E-state index contributed by atoms with van der Waals surface area (Å²) in [5, 5.41) is 2.95. The summed E-state index contributed by atoms with van der Waals surface area (Å²) in [6, 6.07) is 12.9. The van der Waals surface area contributed by atoms with Crippen LogP contribution in [0.3, 0.4) is 0 Å². The Bertz CT molecular complexity index is 730. The minimum absolute atomic E-state index is 0.0179. The van der Waals surface area contributed by atoms with Crippen molar-refractivity contribution < 1.29 is 23.7 Å². The number of hydrogen-bond donors (Lipinski definition) is 1. The third-order valence-corrected chi connectivity index (χ3v) is 4.06. The number of benzene rings is 2. The zero-order chi connectivity index (χ0) is 19.6. The summed E-state index contributed by atoms with van der Waals surface area (Å²) in [5.41, 5.74) is 1.02. The van der Waals surface area contributed by atoms with Gasteiger partial charge in [0.2, 0.25) is 5.91 Å². The maximum Gasteiger partial charge on any atom is 0.220 e. The lowest BCUT2D eigenvalue weighted by molar-refractivity contribution is -0.121. The van der Waals surface area contributed by atoms with Crippen LogP contribution in [0.5, 0.6) is 23.0 Å². The van der Waals surface area contributed by atoms with Gasteiger partial charge in [-0.25, -0.2) is 0 Å². The average molecular weight is 373 g/mol. The molecule has 6 heteroatoms. The Balaban J connectivity index is 1.75. The summed E-state index contributed by atoms with van der Waals surface area (Å²) in [5.74, 6) is 2.84. The lowest BCUT2D eigenvalue weighted by Crippen LogP contribution is -2.36. The lowest BCUT2D eigenvalue weighted by Gasteiger charge is -2.15. The number of nitrogens with one attached hydrogen (secondary N) is 1. The zero-order valence-corrected chi connectivity index (χ0v) is 16.3. The van der Waals surface area contributed by atoms with Crippen LogP contribution in [0.4, 0.5) is 0 Å². The molecule has 1 atom stereocenters. The number of ether oxygens (including phenoxy) is 4. The number of aryl methyl sites for hydroxylation is 1. The van der Waals surface area contributed by atoms with Crippen LogP contribution in [-0.2, 0) is 11.2 Å². The van der Waals surface area contributed by atoms with Crippen LogP contribution in [0, 0.1) is 0 Å². The lowest BCUT2D eigenvalue weighted by atomic mass is 10.1. The first-order valence-electron chi connectivity index (χ1n) is 8.82. The fourth-order valence-corrected chi connectivity index (χ4v) is 2.58. The van der Waals surface area contributed by atoms with Crippen molar-refractivity contribution in [2.75, 3.05) is 27.9 Å². The molecule has 0 aliphatic carbocycles. The highest BCUT2D eigenvalue weighted by Gasteiger charge is 2.10. The maximum atomic E-state index is 12.2. The molecule has 0 aliphatic heterocycles. The Hall–Kier alpha value is -2.89. The summed E-state index contributed by atoms with van der Waals surface area (Å²) in [4.78, 5) is 12.2. The van der Waals surface area contributed by atoms with Gasteiger partial charge in [0.1, 0.15) is 18.1 Å². The molecule has 0 bridgehead atoms. The zero-order valence-electron chi connectivity index (χ0n) is 16.3. The van der Waals surface area contributed by atoms with Gasteiger partial charge in [0, 0.05) is 6.42 Å². The molecule has 0 heterocycles. The normalized spacial score (nSPS) is 11.4. The predicted molar refractivity (Wildman–Crippen MR) is 104 cm³/mol. The number of amides is 1. The van der Waals surface area contributed by atoms with Crippen LogP contribution < -0.4 is 24.3 Å². The second-order valence-corrected chi connectivity index (χ2v) is 6.14. The van der Waals surface area contributed by atoms with E-state index in [0.29, 0.717) is 30.9 Å². The third kappa shape index (κ3) is 6.40. The first-order valence-corrected chi connectivity index (χ1v) is 8.82. The van der Waals surface area contributed by atoms with E-state index in [9.17, 15) is 4.79 Å². The molecule has 2 rings (SSSR count).